The number of aryl methyl sites for hydroxylation is 1. The van der Waals surface area contributed by atoms with E-state index in [9.17, 15) is 5.11 Å². The SMILES string of the molecule is CCCn1c(Cl)c(CO)c2cc(OCC)ccc21. The van der Waals surface area contributed by atoms with Crippen molar-refractivity contribution in [3.63, 3.8) is 0 Å². The number of hydrogen-bond acceptors (Lipinski definition) is 2. The van der Waals surface area contributed by atoms with E-state index in [1.54, 1.807) is 0 Å². The highest BCUT2D eigenvalue weighted by Gasteiger charge is 2.15. The first-order chi connectivity index (χ1) is 8.72. The van der Waals surface area contributed by atoms with Crippen molar-refractivity contribution in [1.82, 2.24) is 4.57 Å². The van der Waals surface area contributed by atoms with Gasteiger partial charge in [-0.15, -0.1) is 0 Å². The van der Waals surface area contributed by atoms with E-state index < -0.39 is 0 Å². The zero-order chi connectivity index (χ0) is 13.1. The maximum absolute atomic E-state index is 9.48. The Morgan fingerprint density at radius 2 is 2.11 bits per heavy atom. The Bertz CT molecular complexity index is 548. The summed E-state index contributed by atoms with van der Waals surface area (Å²) in [5, 5.41) is 11.1. The van der Waals surface area contributed by atoms with E-state index in [4.69, 9.17) is 16.3 Å². The molecule has 0 saturated carbocycles. The van der Waals surface area contributed by atoms with Crippen molar-refractivity contribution >= 4 is 22.5 Å². The molecule has 2 aromatic rings. The Balaban J connectivity index is 2.62. The van der Waals surface area contributed by atoms with Crippen molar-refractivity contribution in [1.29, 1.82) is 0 Å². The van der Waals surface area contributed by atoms with Crippen LogP contribution in [0.2, 0.25) is 5.15 Å². The van der Waals surface area contributed by atoms with Crippen molar-refractivity contribution in [3.05, 3.63) is 28.9 Å². The van der Waals surface area contributed by atoms with E-state index in [1.807, 2.05) is 29.7 Å². The molecule has 0 radical (unpaired) electrons. The van der Waals surface area contributed by atoms with Gasteiger partial charge in [-0.25, -0.2) is 0 Å². The molecule has 0 aliphatic rings. The van der Waals surface area contributed by atoms with Gasteiger partial charge < -0.3 is 14.4 Å². The number of nitrogens with zero attached hydrogens (tertiary/aromatic N) is 1. The summed E-state index contributed by atoms with van der Waals surface area (Å²) in [5.74, 6) is 0.810. The average molecular weight is 268 g/mol. The molecular weight excluding hydrogens is 250 g/mol. The number of aromatic nitrogens is 1. The van der Waals surface area contributed by atoms with Crippen LogP contribution < -0.4 is 4.74 Å². The van der Waals surface area contributed by atoms with Crippen LogP contribution in [0, 0.1) is 0 Å². The van der Waals surface area contributed by atoms with Gasteiger partial charge in [0.25, 0.3) is 0 Å². The first-order valence-corrected chi connectivity index (χ1v) is 6.65. The minimum Gasteiger partial charge on any atom is -0.494 e. The van der Waals surface area contributed by atoms with Crippen LogP contribution in [0.15, 0.2) is 18.2 Å². The lowest BCUT2D eigenvalue weighted by Gasteiger charge is -2.06. The fourth-order valence-electron chi connectivity index (χ4n) is 2.22. The van der Waals surface area contributed by atoms with Crippen LogP contribution in [0.5, 0.6) is 5.75 Å². The number of rotatable bonds is 5. The van der Waals surface area contributed by atoms with E-state index in [-0.39, 0.29) is 6.61 Å². The second-order valence-corrected chi connectivity index (χ2v) is 4.55. The molecule has 1 heterocycles. The maximum atomic E-state index is 9.48. The summed E-state index contributed by atoms with van der Waals surface area (Å²) in [4.78, 5) is 0. The van der Waals surface area contributed by atoms with Crippen molar-refractivity contribution in [2.45, 2.75) is 33.4 Å². The standard InChI is InChI=1S/C14H18ClNO2/c1-3-7-16-13-6-5-10(18-4-2)8-11(13)12(9-17)14(16)15/h5-6,8,17H,3-4,7,9H2,1-2H3. The summed E-state index contributed by atoms with van der Waals surface area (Å²) in [6, 6.07) is 5.89. The van der Waals surface area contributed by atoms with Gasteiger partial charge in [-0.1, -0.05) is 18.5 Å². The van der Waals surface area contributed by atoms with Crippen LogP contribution in [0.3, 0.4) is 0 Å². The number of ether oxygens (including phenoxy) is 1. The number of hydrogen-bond donors (Lipinski definition) is 1. The molecule has 0 saturated heterocycles. The lowest BCUT2D eigenvalue weighted by Crippen LogP contribution is -1.96. The highest BCUT2D eigenvalue weighted by Crippen LogP contribution is 2.32. The van der Waals surface area contributed by atoms with E-state index in [0.717, 1.165) is 35.2 Å². The average Bonchev–Trinajstić information content (AvgIpc) is 2.63. The minimum absolute atomic E-state index is 0.0539. The summed E-state index contributed by atoms with van der Waals surface area (Å²) in [6.45, 7) is 5.48. The molecule has 0 bridgehead atoms. The third-order valence-electron chi connectivity index (χ3n) is 2.99. The van der Waals surface area contributed by atoms with Gasteiger partial charge in [0.05, 0.1) is 13.2 Å². The molecule has 0 unspecified atom stereocenters. The predicted molar refractivity (Wildman–Crippen MR) is 74.3 cm³/mol. The van der Waals surface area contributed by atoms with Crippen LogP contribution in [0.1, 0.15) is 25.8 Å². The summed E-state index contributed by atoms with van der Waals surface area (Å²) < 4.78 is 7.53. The zero-order valence-electron chi connectivity index (χ0n) is 10.7. The Morgan fingerprint density at radius 1 is 1.33 bits per heavy atom. The molecule has 1 N–H and O–H groups in total. The summed E-state index contributed by atoms with van der Waals surface area (Å²) in [5.41, 5.74) is 1.83. The van der Waals surface area contributed by atoms with Gasteiger partial charge in [0, 0.05) is 23.0 Å². The zero-order valence-corrected chi connectivity index (χ0v) is 11.5. The van der Waals surface area contributed by atoms with Gasteiger partial charge >= 0.3 is 0 Å². The van der Waals surface area contributed by atoms with Gasteiger partial charge in [-0.05, 0) is 31.5 Å². The van der Waals surface area contributed by atoms with E-state index in [1.165, 1.54) is 0 Å². The van der Waals surface area contributed by atoms with Crippen LogP contribution in [0.4, 0.5) is 0 Å². The Labute approximate surface area is 112 Å². The molecule has 3 nitrogen and oxygen atoms in total. The highest BCUT2D eigenvalue weighted by atomic mass is 35.5. The summed E-state index contributed by atoms with van der Waals surface area (Å²) in [6.07, 6.45) is 1.00. The van der Waals surface area contributed by atoms with Gasteiger partial charge in [0.2, 0.25) is 0 Å². The Morgan fingerprint density at radius 3 is 2.72 bits per heavy atom. The number of aliphatic hydroxyl groups excluding tert-OH is 1. The van der Waals surface area contributed by atoms with Crippen molar-refractivity contribution < 1.29 is 9.84 Å². The quantitative estimate of drug-likeness (QED) is 0.898. The predicted octanol–water partition coefficient (Wildman–Crippen LogP) is 3.60. The fourth-order valence-corrected chi connectivity index (χ4v) is 2.56. The van der Waals surface area contributed by atoms with E-state index in [2.05, 4.69) is 6.92 Å². The van der Waals surface area contributed by atoms with E-state index in [0.29, 0.717) is 11.8 Å². The van der Waals surface area contributed by atoms with Gasteiger partial charge in [-0.2, -0.15) is 0 Å². The molecule has 4 heteroatoms. The van der Waals surface area contributed by atoms with Gasteiger partial charge in [-0.3, -0.25) is 0 Å². The van der Waals surface area contributed by atoms with Gasteiger partial charge in [0.15, 0.2) is 0 Å². The number of halogens is 1. The minimum atomic E-state index is -0.0539. The lowest BCUT2D eigenvalue weighted by molar-refractivity contribution is 0.283. The summed E-state index contributed by atoms with van der Waals surface area (Å²) >= 11 is 6.32. The largest absolute Gasteiger partial charge is 0.494 e. The molecule has 0 amide bonds. The topological polar surface area (TPSA) is 34.4 Å². The molecule has 0 fully saturated rings. The van der Waals surface area contributed by atoms with E-state index >= 15 is 0 Å². The number of fused-ring (bicyclic) bond motifs is 1. The van der Waals surface area contributed by atoms with Crippen LogP contribution in [-0.2, 0) is 13.2 Å². The molecule has 98 valence electrons. The molecule has 0 aliphatic heterocycles. The molecule has 1 aromatic carbocycles. The molecular formula is C14H18ClNO2. The molecule has 0 spiro atoms. The Kier molecular flexibility index (Phi) is 4.15. The first-order valence-electron chi connectivity index (χ1n) is 6.27. The van der Waals surface area contributed by atoms with Crippen LogP contribution in [-0.4, -0.2) is 16.3 Å². The van der Waals surface area contributed by atoms with Crippen molar-refractivity contribution in [2.75, 3.05) is 6.61 Å². The van der Waals surface area contributed by atoms with Crippen LogP contribution in [0.25, 0.3) is 10.9 Å². The Hall–Kier alpha value is -1.19. The monoisotopic (exact) mass is 267 g/mol. The maximum Gasteiger partial charge on any atom is 0.120 e. The highest BCUT2D eigenvalue weighted by molar-refractivity contribution is 6.32. The molecule has 2 rings (SSSR count). The third-order valence-corrected chi connectivity index (χ3v) is 3.42. The molecule has 0 atom stereocenters. The lowest BCUT2D eigenvalue weighted by atomic mass is 10.2. The summed E-state index contributed by atoms with van der Waals surface area (Å²) in [7, 11) is 0. The van der Waals surface area contributed by atoms with Crippen molar-refractivity contribution in [2.24, 2.45) is 0 Å². The molecule has 1 aromatic heterocycles. The number of aliphatic hydroxyl groups is 1. The fraction of sp³-hybridized carbons (Fsp3) is 0.429. The van der Waals surface area contributed by atoms with Gasteiger partial charge in [0.1, 0.15) is 10.9 Å². The first kappa shape index (κ1) is 13.2. The normalized spacial score (nSPS) is 11.1. The van der Waals surface area contributed by atoms with Crippen LogP contribution >= 0.6 is 11.6 Å². The third kappa shape index (κ3) is 2.20. The van der Waals surface area contributed by atoms with Crippen molar-refractivity contribution in [3.8, 4) is 5.75 Å². The molecule has 0 aliphatic carbocycles. The second kappa shape index (κ2) is 5.63. The number of benzene rings is 1. The molecule has 18 heavy (non-hydrogen) atoms. The smallest absolute Gasteiger partial charge is 0.120 e. The second-order valence-electron chi connectivity index (χ2n) is 4.19.